The Hall–Kier alpha value is -5.23. The van der Waals surface area contributed by atoms with Crippen molar-refractivity contribution in [3.05, 3.63) is 102 Å². The first-order valence-electron chi connectivity index (χ1n) is 14.9. The van der Waals surface area contributed by atoms with Crippen molar-refractivity contribution in [3.8, 4) is 51.6 Å². The quantitative estimate of drug-likeness (QED) is 0.213. The van der Waals surface area contributed by atoms with Gasteiger partial charge in [0.25, 0.3) is 0 Å². The monoisotopic (exact) mass is 563 g/mol. The Morgan fingerprint density at radius 3 is 1.58 bits per heavy atom. The highest BCUT2D eigenvalue weighted by atomic mass is 16.5. The summed E-state index contributed by atoms with van der Waals surface area (Å²) in [5, 5.41) is 0. The van der Waals surface area contributed by atoms with Crippen LogP contribution in [0.4, 0.5) is 17.1 Å². The third kappa shape index (κ3) is 3.32. The fourth-order valence-electron chi connectivity index (χ4n) is 6.77. The van der Waals surface area contributed by atoms with E-state index in [0.29, 0.717) is 11.8 Å². The molecule has 9 rings (SSSR count). The van der Waals surface area contributed by atoms with E-state index in [1.807, 2.05) is 42.5 Å². The lowest BCUT2D eigenvalue weighted by molar-refractivity contribution is 0.418. The van der Waals surface area contributed by atoms with Gasteiger partial charge >= 0.3 is 0 Å². The summed E-state index contributed by atoms with van der Waals surface area (Å²) in [6.07, 6.45) is 0. The number of rotatable bonds is 4. The van der Waals surface area contributed by atoms with Crippen LogP contribution in [0.1, 0.15) is 50.7 Å². The van der Waals surface area contributed by atoms with Crippen LogP contribution in [-0.2, 0) is 0 Å². The minimum Gasteiger partial charge on any atom is -0.453 e. The summed E-state index contributed by atoms with van der Waals surface area (Å²) in [6, 6.07) is 31.1. The van der Waals surface area contributed by atoms with Gasteiger partial charge in [-0.2, -0.15) is 0 Å². The lowest BCUT2D eigenvalue weighted by Gasteiger charge is -2.41. The first-order chi connectivity index (χ1) is 21.0. The second-order valence-electron chi connectivity index (χ2n) is 12.0. The molecule has 43 heavy (non-hydrogen) atoms. The fraction of sp³-hybridized carbons (Fsp3) is 0.162. The summed E-state index contributed by atoms with van der Waals surface area (Å²) in [4.78, 5) is 7.48. The smallest absolute Gasteiger partial charge is 0.156 e. The van der Waals surface area contributed by atoms with Crippen molar-refractivity contribution in [1.82, 2.24) is 9.55 Å². The zero-order valence-corrected chi connectivity index (χ0v) is 24.4. The van der Waals surface area contributed by atoms with E-state index in [-0.39, 0.29) is 0 Å². The van der Waals surface area contributed by atoms with E-state index in [1.54, 1.807) is 0 Å². The number of hydrogen-bond donors (Lipinski definition) is 0. The molecule has 0 N–H and O–H groups in total. The molecule has 0 fully saturated rings. The molecule has 3 aliphatic rings. The van der Waals surface area contributed by atoms with Crippen molar-refractivity contribution in [3.63, 3.8) is 0 Å². The minimum atomic E-state index is 0.330. The lowest BCUT2D eigenvalue weighted by Crippen LogP contribution is -2.23. The molecule has 0 amide bonds. The third-order valence-corrected chi connectivity index (χ3v) is 8.68. The molecule has 6 aromatic rings. The minimum absolute atomic E-state index is 0.330. The number of ether oxygens (including phenoxy) is 3. The van der Waals surface area contributed by atoms with Crippen LogP contribution >= 0.6 is 0 Å². The lowest BCUT2D eigenvalue weighted by atomic mass is 9.92. The summed E-state index contributed by atoms with van der Waals surface area (Å²) in [5.74, 6) is 5.97. The van der Waals surface area contributed by atoms with Gasteiger partial charge in [0.2, 0.25) is 0 Å². The third-order valence-electron chi connectivity index (χ3n) is 8.68. The summed E-state index contributed by atoms with van der Waals surface area (Å²) < 4.78 is 21.9. The van der Waals surface area contributed by atoms with Crippen LogP contribution in [0.2, 0.25) is 0 Å². The number of para-hydroxylation sites is 5. The highest BCUT2D eigenvalue weighted by Crippen LogP contribution is 2.66. The number of fused-ring (bicyclic) bond motifs is 1. The molecule has 210 valence electrons. The molecule has 5 aromatic carbocycles. The van der Waals surface area contributed by atoms with Gasteiger partial charge in [-0.05, 0) is 71.5 Å². The van der Waals surface area contributed by atoms with Gasteiger partial charge in [-0.15, -0.1) is 0 Å². The first kappa shape index (κ1) is 24.4. The van der Waals surface area contributed by atoms with Gasteiger partial charge in [-0.25, -0.2) is 4.98 Å². The van der Waals surface area contributed by atoms with Crippen molar-refractivity contribution in [2.75, 3.05) is 4.90 Å². The fourth-order valence-corrected chi connectivity index (χ4v) is 6.77. The van der Waals surface area contributed by atoms with E-state index in [2.05, 4.69) is 85.7 Å². The second kappa shape index (κ2) is 8.65. The molecule has 4 heterocycles. The average molecular weight is 564 g/mol. The van der Waals surface area contributed by atoms with Crippen LogP contribution in [-0.4, -0.2) is 9.55 Å². The Morgan fingerprint density at radius 2 is 1.02 bits per heavy atom. The second-order valence-corrected chi connectivity index (χ2v) is 12.0. The van der Waals surface area contributed by atoms with Gasteiger partial charge in [0.05, 0.1) is 16.7 Å². The van der Waals surface area contributed by atoms with Crippen molar-refractivity contribution < 1.29 is 14.2 Å². The van der Waals surface area contributed by atoms with E-state index in [9.17, 15) is 0 Å². The van der Waals surface area contributed by atoms with Gasteiger partial charge in [0, 0.05) is 5.56 Å². The van der Waals surface area contributed by atoms with Crippen LogP contribution in [0.5, 0.6) is 34.5 Å². The molecule has 3 aliphatic heterocycles. The van der Waals surface area contributed by atoms with Crippen LogP contribution in [0.3, 0.4) is 0 Å². The number of imidazole rings is 1. The Balaban J connectivity index is 1.34. The van der Waals surface area contributed by atoms with Crippen molar-refractivity contribution >= 4 is 28.1 Å². The molecule has 0 bridgehead atoms. The molecule has 6 heteroatoms. The molecule has 0 saturated carbocycles. The molecule has 1 aromatic heterocycles. The summed E-state index contributed by atoms with van der Waals surface area (Å²) >= 11 is 0. The van der Waals surface area contributed by atoms with E-state index >= 15 is 0 Å². The van der Waals surface area contributed by atoms with Crippen LogP contribution in [0, 0.1) is 0 Å². The standard InChI is InChI=1S/C37H29N3O3/c1-20(2)23-10-7-11-24(21(3)4)33(23)39-26-13-6-5-12-25(26)38-37(39)22-18-31-36-32(19-22)43-30-17-9-15-28-35(30)40(36)34-27(41-28)14-8-16-29(34)42-31/h5-21H,1-4H3. The van der Waals surface area contributed by atoms with Gasteiger partial charge in [0.1, 0.15) is 22.9 Å². The van der Waals surface area contributed by atoms with Crippen LogP contribution in [0.15, 0.2) is 91.0 Å². The van der Waals surface area contributed by atoms with E-state index < -0.39 is 0 Å². The normalized spacial score (nSPS) is 13.6. The van der Waals surface area contributed by atoms with Gasteiger partial charge in [0.15, 0.2) is 34.5 Å². The maximum absolute atomic E-state index is 6.62. The van der Waals surface area contributed by atoms with Crippen molar-refractivity contribution in [1.29, 1.82) is 0 Å². The molecule has 0 saturated heterocycles. The van der Waals surface area contributed by atoms with Gasteiger partial charge in [-0.3, -0.25) is 9.47 Å². The van der Waals surface area contributed by atoms with E-state index in [0.717, 1.165) is 74.0 Å². The van der Waals surface area contributed by atoms with Crippen LogP contribution in [0.25, 0.3) is 28.1 Å². The maximum atomic E-state index is 6.62. The molecule has 6 nitrogen and oxygen atoms in total. The van der Waals surface area contributed by atoms with Gasteiger partial charge in [-0.1, -0.05) is 70.2 Å². The highest BCUT2D eigenvalue weighted by molar-refractivity contribution is 6.00. The molecule has 0 spiro atoms. The molecule has 0 unspecified atom stereocenters. The summed E-state index contributed by atoms with van der Waals surface area (Å²) in [5.41, 5.74) is 9.38. The van der Waals surface area contributed by atoms with Gasteiger partial charge < -0.3 is 14.2 Å². The topological polar surface area (TPSA) is 48.8 Å². The molecule has 0 aliphatic carbocycles. The Bertz CT molecular complexity index is 2040. The SMILES string of the molecule is CC(C)c1cccc(C(C)C)c1-n1c(-c2cc3c4c(c2)Oc2cccc5c2N4c2c(cccc2O3)O5)nc2ccccc21. The number of hydrogen-bond acceptors (Lipinski definition) is 5. The first-order valence-corrected chi connectivity index (χ1v) is 14.9. The van der Waals surface area contributed by atoms with E-state index in [1.165, 1.54) is 16.8 Å². The predicted octanol–water partition coefficient (Wildman–Crippen LogP) is 10.7. The molecular formula is C37H29N3O3. The highest BCUT2D eigenvalue weighted by Gasteiger charge is 2.42. The van der Waals surface area contributed by atoms with E-state index in [4.69, 9.17) is 19.2 Å². The molecule has 0 atom stereocenters. The average Bonchev–Trinajstić information content (AvgIpc) is 3.40. The number of benzene rings is 5. The van der Waals surface area contributed by atoms with Crippen molar-refractivity contribution in [2.45, 2.75) is 39.5 Å². The zero-order chi connectivity index (χ0) is 29.0. The number of aromatic nitrogens is 2. The van der Waals surface area contributed by atoms with Crippen molar-refractivity contribution in [2.24, 2.45) is 0 Å². The summed E-state index contributed by atoms with van der Waals surface area (Å²) in [7, 11) is 0. The number of nitrogens with zero attached hydrogens (tertiary/aromatic N) is 3. The molecular weight excluding hydrogens is 534 g/mol. The molecule has 0 radical (unpaired) electrons. The Labute approximate surface area is 249 Å². The Kier molecular flexibility index (Phi) is 4.90. The number of anilines is 3. The zero-order valence-electron chi connectivity index (χ0n) is 24.4. The summed E-state index contributed by atoms with van der Waals surface area (Å²) in [6.45, 7) is 9.02. The Morgan fingerprint density at radius 1 is 0.535 bits per heavy atom. The van der Waals surface area contributed by atoms with Crippen LogP contribution < -0.4 is 19.1 Å². The maximum Gasteiger partial charge on any atom is 0.156 e. The predicted molar refractivity (Wildman–Crippen MR) is 170 cm³/mol. The largest absolute Gasteiger partial charge is 0.453 e.